The van der Waals surface area contributed by atoms with Gasteiger partial charge in [-0.2, -0.15) is 5.10 Å². The summed E-state index contributed by atoms with van der Waals surface area (Å²) in [6.07, 6.45) is 3.85. The predicted octanol–water partition coefficient (Wildman–Crippen LogP) is 6.77. The largest absolute Gasteiger partial charge is 0.507 e. The van der Waals surface area contributed by atoms with Gasteiger partial charge < -0.3 is 24.2 Å². The Bertz CT molecular complexity index is 1560. The van der Waals surface area contributed by atoms with Gasteiger partial charge in [0.2, 0.25) is 0 Å². The van der Waals surface area contributed by atoms with Crippen LogP contribution in [-0.2, 0) is 6.42 Å². The summed E-state index contributed by atoms with van der Waals surface area (Å²) < 4.78 is 17.1. The lowest BCUT2D eigenvalue weighted by Gasteiger charge is -2.27. The fourth-order valence-corrected chi connectivity index (χ4v) is 5.67. The summed E-state index contributed by atoms with van der Waals surface area (Å²) in [5, 5.41) is 18.6. The normalized spacial score (nSPS) is 14.3. The fourth-order valence-electron chi connectivity index (χ4n) is 5.67. The zero-order valence-electron chi connectivity index (χ0n) is 25.0. The molecule has 1 amide bonds. The van der Waals surface area contributed by atoms with E-state index in [1.807, 2.05) is 73.3 Å². The first kappa shape index (κ1) is 29.0. The van der Waals surface area contributed by atoms with Crippen molar-refractivity contribution in [1.82, 2.24) is 15.1 Å². The summed E-state index contributed by atoms with van der Waals surface area (Å²) in [7, 11) is 3.27. The zero-order valence-corrected chi connectivity index (χ0v) is 25.0. The molecule has 8 heteroatoms. The highest BCUT2D eigenvalue weighted by Crippen LogP contribution is 2.46. The van der Waals surface area contributed by atoms with Crippen LogP contribution in [0.15, 0.2) is 54.6 Å². The van der Waals surface area contributed by atoms with E-state index in [2.05, 4.69) is 17.1 Å². The molecule has 0 saturated heterocycles. The number of nitrogens with zero attached hydrogens (tertiary/aromatic N) is 2. The Morgan fingerprint density at radius 3 is 2.48 bits per heavy atom. The Kier molecular flexibility index (Phi) is 8.71. The average Bonchev–Trinajstić information content (AvgIpc) is 3.54. The van der Waals surface area contributed by atoms with Gasteiger partial charge in [0.05, 0.1) is 26.9 Å². The zero-order chi connectivity index (χ0) is 29.8. The Balaban J connectivity index is 1.56. The van der Waals surface area contributed by atoms with E-state index < -0.39 is 6.04 Å². The Morgan fingerprint density at radius 2 is 1.76 bits per heavy atom. The summed E-state index contributed by atoms with van der Waals surface area (Å²) in [6.45, 7) is 7.11. The van der Waals surface area contributed by atoms with Gasteiger partial charge in [0, 0.05) is 17.7 Å². The number of aromatic hydroxyl groups is 1. The van der Waals surface area contributed by atoms with E-state index in [9.17, 15) is 9.90 Å². The van der Waals surface area contributed by atoms with Gasteiger partial charge in [-0.1, -0.05) is 44.0 Å². The standard InChI is InChI=1S/C34H39N3O5/c1-6-7-8-17-42-27-14-11-24(20-28(27)41-5)32-29-30(26-19-21(2)18-22(3)33(26)38)35-36-31(29)34(39)37(32)16-15-23-9-12-25(40-4)13-10-23/h9-14,18-20,32,38H,6-8,15-17H2,1-5H3,(H,35,36). The number of ether oxygens (including phenoxy) is 3. The molecule has 0 bridgehead atoms. The number of phenols is 1. The van der Waals surface area contributed by atoms with Crippen molar-refractivity contribution in [3.63, 3.8) is 0 Å². The van der Waals surface area contributed by atoms with Crippen LogP contribution >= 0.6 is 0 Å². The van der Waals surface area contributed by atoms with Crippen LogP contribution in [0.5, 0.6) is 23.0 Å². The van der Waals surface area contributed by atoms with E-state index >= 15 is 0 Å². The van der Waals surface area contributed by atoms with Crippen LogP contribution in [0.4, 0.5) is 0 Å². The number of methoxy groups -OCH3 is 2. The van der Waals surface area contributed by atoms with Crippen molar-refractivity contribution in [3.05, 3.63) is 88.1 Å². The molecule has 1 aromatic heterocycles. The first-order chi connectivity index (χ1) is 20.4. The van der Waals surface area contributed by atoms with Gasteiger partial charge in [-0.25, -0.2) is 0 Å². The number of aromatic nitrogens is 2. The molecule has 0 spiro atoms. The minimum atomic E-state index is -0.442. The molecule has 0 radical (unpaired) electrons. The van der Waals surface area contributed by atoms with E-state index in [1.54, 1.807) is 14.2 Å². The van der Waals surface area contributed by atoms with Gasteiger partial charge >= 0.3 is 0 Å². The maximum atomic E-state index is 13.9. The van der Waals surface area contributed by atoms with Gasteiger partial charge in [-0.3, -0.25) is 9.89 Å². The van der Waals surface area contributed by atoms with Crippen LogP contribution in [0, 0.1) is 13.8 Å². The van der Waals surface area contributed by atoms with Crippen molar-refractivity contribution < 1.29 is 24.1 Å². The number of hydrogen-bond acceptors (Lipinski definition) is 6. The first-order valence-corrected chi connectivity index (χ1v) is 14.5. The maximum Gasteiger partial charge on any atom is 0.273 e. The molecule has 0 aliphatic carbocycles. The number of amides is 1. The average molecular weight is 570 g/mol. The van der Waals surface area contributed by atoms with Crippen molar-refractivity contribution in [2.75, 3.05) is 27.4 Å². The van der Waals surface area contributed by atoms with E-state index in [1.165, 1.54) is 0 Å². The van der Waals surface area contributed by atoms with Crippen molar-refractivity contribution in [2.24, 2.45) is 0 Å². The first-order valence-electron chi connectivity index (χ1n) is 14.5. The molecule has 1 aliphatic heterocycles. The SMILES string of the molecule is CCCCCOc1ccc(C2c3c(-c4cc(C)cc(C)c4O)n[nH]c3C(=O)N2CCc2ccc(OC)cc2)cc1OC. The van der Waals surface area contributed by atoms with Crippen molar-refractivity contribution in [3.8, 4) is 34.3 Å². The number of phenolic OH excluding ortho intramolecular Hbond substituents is 1. The Morgan fingerprint density at radius 1 is 0.976 bits per heavy atom. The molecule has 5 rings (SSSR count). The number of rotatable bonds is 12. The number of H-pyrrole nitrogens is 1. The van der Waals surface area contributed by atoms with Crippen LogP contribution in [-0.4, -0.2) is 53.5 Å². The molecule has 42 heavy (non-hydrogen) atoms. The second kappa shape index (κ2) is 12.6. The molecule has 0 fully saturated rings. The predicted molar refractivity (Wildman–Crippen MR) is 163 cm³/mol. The highest BCUT2D eigenvalue weighted by Gasteiger charge is 2.42. The van der Waals surface area contributed by atoms with E-state index in [-0.39, 0.29) is 11.7 Å². The number of unbranched alkanes of at least 4 members (excludes halogenated alkanes) is 2. The van der Waals surface area contributed by atoms with Gasteiger partial charge in [0.15, 0.2) is 11.5 Å². The van der Waals surface area contributed by atoms with Gasteiger partial charge in [0.1, 0.15) is 22.9 Å². The molecule has 220 valence electrons. The Hall–Kier alpha value is -4.46. The number of carbonyl (C=O) groups is 1. The van der Waals surface area contributed by atoms with Crippen LogP contribution in [0.25, 0.3) is 11.3 Å². The molecule has 1 unspecified atom stereocenters. The number of benzene rings is 3. The lowest BCUT2D eigenvalue weighted by molar-refractivity contribution is 0.0745. The minimum Gasteiger partial charge on any atom is -0.507 e. The number of nitrogens with one attached hydrogen (secondary N) is 1. The summed E-state index contributed by atoms with van der Waals surface area (Å²) >= 11 is 0. The molecule has 2 heterocycles. The highest BCUT2D eigenvalue weighted by molar-refractivity contribution is 6.00. The number of aromatic amines is 1. The smallest absolute Gasteiger partial charge is 0.273 e. The van der Waals surface area contributed by atoms with Crippen molar-refractivity contribution in [2.45, 2.75) is 52.5 Å². The van der Waals surface area contributed by atoms with E-state index in [0.717, 1.165) is 52.8 Å². The number of aryl methyl sites for hydroxylation is 2. The fraction of sp³-hybridized carbons (Fsp3) is 0.353. The van der Waals surface area contributed by atoms with Crippen LogP contribution < -0.4 is 14.2 Å². The molecule has 1 atom stereocenters. The lowest BCUT2D eigenvalue weighted by Crippen LogP contribution is -2.31. The quantitative estimate of drug-likeness (QED) is 0.183. The third-order valence-electron chi connectivity index (χ3n) is 7.87. The van der Waals surface area contributed by atoms with Crippen LogP contribution in [0.2, 0.25) is 0 Å². The summed E-state index contributed by atoms with van der Waals surface area (Å²) in [5.41, 5.74) is 6.07. The molecule has 2 N–H and O–H groups in total. The Labute approximate surface area is 247 Å². The summed E-state index contributed by atoms with van der Waals surface area (Å²) in [6, 6.07) is 17.1. The molecule has 3 aromatic carbocycles. The number of fused-ring (bicyclic) bond motifs is 1. The van der Waals surface area contributed by atoms with Gasteiger partial charge in [0.25, 0.3) is 5.91 Å². The van der Waals surface area contributed by atoms with E-state index in [4.69, 9.17) is 14.2 Å². The van der Waals surface area contributed by atoms with Crippen LogP contribution in [0.1, 0.15) is 70.5 Å². The van der Waals surface area contributed by atoms with Crippen LogP contribution in [0.3, 0.4) is 0 Å². The topological polar surface area (TPSA) is 96.9 Å². The molecule has 4 aromatic rings. The molecular weight excluding hydrogens is 530 g/mol. The molecular formula is C34H39N3O5. The van der Waals surface area contributed by atoms with E-state index in [0.29, 0.717) is 48.0 Å². The third-order valence-corrected chi connectivity index (χ3v) is 7.87. The molecule has 1 aliphatic rings. The van der Waals surface area contributed by atoms with Crippen molar-refractivity contribution in [1.29, 1.82) is 0 Å². The minimum absolute atomic E-state index is 0.134. The molecule has 0 saturated carbocycles. The monoisotopic (exact) mass is 569 g/mol. The number of carbonyl (C=O) groups excluding carboxylic acids is 1. The molecule has 8 nitrogen and oxygen atoms in total. The van der Waals surface area contributed by atoms with Crippen molar-refractivity contribution >= 4 is 5.91 Å². The summed E-state index contributed by atoms with van der Waals surface area (Å²) in [5.74, 6) is 2.10. The second-order valence-corrected chi connectivity index (χ2v) is 10.8. The third kappa shape index (κ3) is 5.66. The number of hydrogen-bond donors (Lipinski definition) is 2. The maximum absolute atomic E-state index is 13.9. The summed E-state index contributed by atoms with van der Waals surface area (Å²) in [4.78, 5) is 15.8. The lowest BCUT2D eigenvalue weighted by atomic mass is 9.93. The van der Waals surface area contributed by atoms with Gasteiger partial charge in [-0.05, 0) is 79.3 Å². The highest BCUT2D eigenvalue weighted by atomic mass is 16.5. The van der Waals surface area contributed by atoms with Gasteiger partial charge in [-0.15, -0.1) is 0 Å². The second-order valence-electron chi connectivity index (χ2n) is 10.8.